The topological polar surface area (TPSA) is 49.4 Å². The molecule has 0 unspecified atom stereocenters. The van der Waals surface area contributed by atoms with Gasteiger partial charge >= 0.3 is 0 Å². The van der Waals surface area contributed by atoms with Gasteiger partial charge < -0.3 is 10.2 Å². The first kappa shape index (κ1) is 27.8. The summed E-state index contributed by atoms with van der Waals surface area (Å²) in [5, 5.41) is 3.73. The maximum atomic E-state index is 13.7. The highest BCUT2D eigenvalue weighted by Gasteiger charge is 2.32. The van der Waals surface area contributed by atoms with E-state index in [4.69, 9.17) is 11.6 Å². The summed E-state index contributed by atoms with van der Waals surface area (Å²) in [5.41, 5.74) is 3.94. The molecule has 190 valence electrons. The van der Waals surface area contributed by atoms with Gasteiger partial charge in [0.15, 0.2) is 0 Å². The monoisotopic (exact) mass is 522 g/mol. The van der Waals surface area contributed by atoms with Crippen LogP contribution in [-0.2, 0) is 28.3 Å². The SMILES string of the molecule is Cc1ccccc1CSCC(=O)N(Cc1ccc(Cl)cc1)[C@@H](Cc1ccccc1)C(=O)NC(C)(C)C. The number of hydrogen-bond acceptors (Lipinski definition) is 3. The fourth-order valence-electron chi connectivity index (χ4n) is 3.90. The van der Waals surface area contributed by atoms with Gasteiger partial charge in [-0.3, -0.25) is 9.59 Å². The summed E-state index contributed by atoms with van der Waals surface area (Å²) in [4.78, 5) is 29.0. The molecule has 0 radical (unpaired) electrons. The van der Waals surface area contributed by atoms with E-state index in [1.165, 1.54) is 11.1 Å². The summed E-state index contributed by atoms with van der Waals surface area (Å²) >= 11 is 7.67. The van der Waals surface area contributed by atoms with E-state index >= 15 is 0 Å². The zero-order chi connectivity index (χ0) is 26.1. The highest BCUT2D eigenvalue weighted by atomic mass is 35.5. The first-order valence-corrected chi connectivity index (χ1v) is 13.7. The van der Waals surface area contributed by atoms with E-state index in [-0.39, 0.29) is 17.6 Å². The number of rotatable bonds is 10. The number of nitrogens with zero attached hydrogens (tertiary/aromatic N) is 1. The van der Waals surface area contributed by atoms with E-state index in [0.29, 0.717) is 18.0 Å². The highest BCUT2D eigenvalue weighted by molar-refractivity contribution is 7.99. The fraction of sp³-hybridized carbons (Fsp3) is 0.333. The quantitative estimate of drug-likeness (QED) is 0.333. The number of carbonyl (C=O) groups excluding carboxylic acids is 2. The van der Waals surface area contributed by atoms with Crippen molar-refractivity contribution in [1.29, 1.82) is 0 Å². The molecule has 0 aliphatic rings. The normalized spacial score (nSPS) is 12.1. The Balaban J connectivity index is 1.87. The van der Waals surface area contributed by atoms with Gasteiger partial charge in [-0.2, -0.15) is 0 Å². The highest BCUT2D eigenvalue weighted by Crippen LogP contribution is 2.21. The van der Waals surface area contributed by atoms with Gasteiger partial charge in [-0.05, 0) is 62.1 Å². The van der Waals surface area contributed by atoms with Crippen LogP contribution < -0.4 is 5.32 Å². The molecule has 0 heterocycles. The Labute approximate surface area is 224 Å². The van der Waals surface area contributed by atoms with Gasteiger partial charge in [-0.1, -0.05) is 78.3 Å². The molecule has 3 aromatic rings. The minimum atomic E-state index is -0.645. The second-order valence-electron chi connectivity index (χ2n) is 10.0. The molecule has 1 N–H and O–H groups in total. The summed E-state index contributed by atoms with van der Waals surface area (Å²) in [6.45, 7) is 8.27. The van der Waals surface area contributed by atoms with Gasteiger partial charge in [0.1, 0.15) is 6.04 Å². The van der Waals surface area contributed by atoms with Crippen molar-refractivity contribution in [1.82, 2.24) is 10.2 Å². The van der Waals surface area contributed by atoms with Gasteiger partial charge in [0, 0.05) is 29.3 Å². The Morgan fingerprint density at radius 1 is 0.917 bits per heavy atom. The van der Waals surface area contributed by atoms with Crippen LogP contribution in [0.2, 0.25) is 5.02 Å². The first-order valence-electron chi connectivity index (χ1n) is 12.1. The summed E-state index contributed by atoms with van der Waals surface area (Å²) < 4.78 is 0. The Bertz CT molecular complexity index is 1140. The van der Waals surface area contributed by atoms with Crippen LogP contribution in [0.3, 0.4) is 0 Å². The van der Waals surface area contributed by atoms with Crippen molar-refractivity contribution >= 4 is 35.2 Å². The molecule has 0 saturated carbocycles. The van der Waals surface area contributed by atoms with Crippen molar-refractivity contribution in [2.24, 2.45) is 0 Å². The predicted molar refractivity (Wildman–Crippen MR) is 151 cm³/mol. The van der Waals surface area contributed by atoms with Gasteiger partial charge in [0.05, 0.1) is 5.75 Å². The molecule has 0 aliphatic carbocycles. The van der Waals surface area contributed by atoms with E-state index < -0.39 is 11.6 Å². The fourth-order valence-corrected chi connectivity index (χ4v) is 5.01. The van der Waals surface area contributed by atoms with Crippen LogP contribution >= 0.6 is 23.4 Å². The molecular weight excluding hydrogens is 488 g/mol. The standard InChI is InChI=1S/C30H35ClN2O2S/c1-22-10-8-9-13-25(22)20-36-21-28(34)33(19-24-14-16-26(31)17-15-24)27(29(35)32-30(2,3)4)18-23-11-6-5-7-12-23/h5-17,27H,18-21H2,1-4H3,(H,32,35)/t27-/m0/s1. The van der Waals surface area contributed by atoms with E-state index in [2.05, 4.69) is 24.4 Å². The third kappa shape index (κ3) is 8.72. The molecule has 0 bridgehead atoms. The second-order valence-corrected chi connectivity index (χ2v) is 11.4. The Kier molecular flexibility index (Phi) is 10.0. The van der Waals surface area contributed by atoms with Crippen molar-refractivity contribution in [3.8, 4) is 0 Å². The van der Waals surface area contributed by atoms with E-state index in [1.54, 1.807) is 16.7 Å². The third-order valence-electron chi connectivity index (χ3n) is 5.78. The van der Waals surface area contributed by atoms with Crippen molar-refractivity contribution < 1.29 is 9.59 Å². The second kappa shape index (κ2) is 13.0. The predicted octanol–water partition coefficient (Wildman–Crippen LogP) is 6.44. The number of thioether (sulfide) groups is 1. The van der Waals surface area contributed by atoms with Gasteiger partial charge in [-0.25, -0.2) is 0 Å². The molecule has 4 nitrogen and oxygen atoms in total. The Morgan fingerprint density at radius 2 is 1.56 bits per heavy atom. The van der Waals surface area contributed by atoms with Crippen LogP contribution in [0.1, 0.15) is 43.0 Å². The minimum absolute atomic E-state index is 0.0616. The van der Waals surface area contributed by atoms with Crippen LogP contribution in [0.25, 0.3) is 0 Å². The number of nitrogens with one attached hydrogen (secondary N) is 1. The van der Waals surface area contributed by atoms with Crippen molar-refractivity contribution in [3.05, 3.63) is 106 Å². The van der Waals surface area contributed by atoms with Gasteiger partial charge in [-0.15, -0.1) is 11.8 Å². The zero-order valence-corrected chi connectivity index (χ0v) is 23.0. The van der Waals surface area contributed by atoms with Crippen LogP contribution in [0.15, 0.2) is 78.9 Å². The molecule has 0 spiro atoms. The zero-order valence-electron chi connectivity index (χ0n) is 21.5. The molecule has 0 saturated heterocycles. The lowest BCUT2D eigenvalue weighted by atomic mass is 10.0. The Morgan fingerprint density at radius 3 is 2.19 bits per heavy atom. The van der Waals surface area contributed by atoms with Gasteiger partial charge in [0.2, 0.25) is 11.8 Å². The summed E-state index contributed by atoms with van der Waals surface area (Å²) in [5.74, 6) is 0.812. The molecule has 0 aromatic heterocycles. The summed E-state index contributed by atoms with van der Waals surface area (Å²) in [7, 11) is 0. The number of carbonyl (C=O) groups is 2. The molecule has 6 heteroatoms. The number of benzene rings is 3. The van der Waals surface area contributed by atoms with Crippen LogP contribution in [0, 0.1) is 6.92 Å². The lowest BCUT2D eigenvalue weighted by Gasteiger charge is -2.34. The molecule has 0 fully saturated rings. The third-order valence-corrected chi connectivity index (χ3v) is 7.00. The smallest absolute Gasteiger partial charge is 0.243 e. The van der Waals surface area contributed by atoms with Crippen LogP contribution in [0.4, 0.5) is 0 Å². The molecule has 2 amide bonds. The maximum absolute atomic E-state index is 13.7. The van der Waals surface area contributed by atoms with Crippen molar-refractivity contribution in [2.45, 2.75) is 58.0 Å². The molecule has 0 aliphatic heterocycles. The van der Waals surface area contributed by atoms with Crippen molar-refractivity contribution in [3.63, 3.8) is 0 Å². The number of halogens is 1. The maximum Gasteiger partial charge on any atom is 0.243 e. The molecule has 1 atom stereocenters. The van der Waals surface area contributed by atoms with Gasteiger partial charge in [0.25, 0.3) is 0 Å². The summed E-state index contributed by atoms with van der Waals surface area (Å²) in [6, 6.07) is 24.9. The van der Waals surface area contributed by atoms with Crippen molar-refractivity contribution in [2.75, 3.05) is 5.75 Å². The number of hydrogen-bond donors (Lipinski definition) is 1. The molecular formula is C30H35ClN2O2S. The van der Waals surface area contributed by atoms with E-state index in [1.807, 2.05) is 87.5 Å². The molecule has 3 rings (SSSR count). The minimum Gasteiger partial charge on any atom is -0.350 e. The Hall–Kier alpha value is -2.76. The lowest BCUT2D eigenvalue weighted by Crippen LogP contribution is -2.54. The van der Waals surface area contributed by atoms with E-state index in [0.717, 1.165) is 16.9 Å². The largest absolute Gasteiger partial charge is 0.350 e. The van der Waals surface area contributed by atoms with Crippen LogP contribution in [-0.4, -0.2) is 34.0 Å². The van der Waals surface area contributed by atoms with E-state index in [9.17, 15) is 9.59 Å². The van der Waals surface area contributed by atoms with Crippen LogP contribution in [0.5, 0.6) is 0 Å². The molecule has 36 heavy (non-hydrogen) atoms. The lowest BCUT2D eigenvalue weighted by molar-refractivity contribution is -0.140. The number of amides is 2. The first-order chi connectivity index (χ1) is 17.1. The summed E-state index contributed by atoms with van der Waals surface area (Å²) in [6.07, 6.45) is 0.435. The average molecular weight is 523 g/mol. The average Bonchev–Trinajstić information content (AvgIpc) is 2.83. The number of aryl methyl sites for hydroxylation is 1. The molecule has 3 aromatic carbocycles.